The van der Waals surface area contributed by atoms with Crippen LogP contribution in [0.2, 0.25) is 0 Å². The zero-order valence-corrected chi connectivity index (χ0v) is 12.0. The average molecular weight is 290 g/mol. The minimum Gasteiger partial charge on any atom is -0.497 e. The molecule has 0 aromatic heterocycles. The molecule has 1 aliphatic rings. The molecule has 3 rings (SSSR count). The number of fused-ring (bicyclic) bond motifs is 3. The number of benzene rings is 2. The minimum absolute atomic E-state index is 0.0142. The Morgan fingerprint density at radius 1 is 0.900 bits per heavy atom. The fourth-order valence-corrected chi connectivity index (χ4v) is 4.08. The highest BCUT2D eigenvalue weighted by Gasteiger charge is 2.28. The predicted molar refractivity (Wildman–Crippen MR) is 75.9 cm³/mol. The first kappa shape index (κ1) is 13.0. The van der Waals surface area contributed by atoms with Crippen molar-refractivity contribution in [1.82, 2.24) is 0 Å². The van der Waals surface area contributed by atoms with Crippen LogP contribution in [0.5, 0.6) is 11.5 Å². The lowest BCUT2D eigenvalue weighted by molar-refractivity contribution is 0.413. The summed E-state index contributed by atoms with van der Waals surface area (Å²) >= 11 is 0. The van der Waals surface area contributed by atoms with Gasteiger partial charge in [-0.15, -0.1) is 0 Å². The second-order valence-electron chi connectivity index (χ2n) is 4.64. The summed E-state index contributed by atoms with van der Waals surface area (Å²) in [5.74, 6) is 1.19. The van der Waals surface area contributed by atoms with E-state index in [1.54, 1.807) is 31.4 Å². The molecule has 0 saturated carbocycles. The Hall–Kier alpha value is -2.01. The van der Waals surface area contributed by atoms with Gasteiger partial charge in [-0.2, -0.15) is 0 Å². The molecule has 1 heterocycles. The van der Waals surface area contributed by atoms with Gasteiger partial charge in [-0.1, -0.05) is 6.07 Å². The number of sulfone groups is 1. The van der Waals surface area contributed by atoms with Crippen LogP contribution >= 0.6 is 0 Å². The van der Waals surface area contributed by atoms with Gasteiger partial charge in [0.2, 0.25) is 0 Å². The molecule has 104 valence electrons. The fraction of sp³-hybridized carbons (Fsp3) is 0.200. The molecule has 0 spiro atoms. The van der Waals surface area contributed by atoms with Gasteiger partial charge in [0.15, 0.2) is 9.84 Å². The van der Waals surface area contributed by atoms with E-state index in [1.165, 1.54) is 7.11 Å². The van der Waals surface area contributed by atoms with E-state index in [-0.39, 0.29) is 5.75 Å². The SMILES string of the molecule is COc1ccc2c(c1)CS(=O)(=O)c1cc(OC)ccc1-2. The molecule has 2 aromatic rings. The van der Waals surface area contributed by atoms with Crippen LogP contribution in [0.3, 0.4) is 0 Å². The van der Waals surface area contributed by atoms with Gasteiger partial charge in [0.05, 0.1) is 24.9 Å². The Morgan fingerprint density at radius 3 is 2.15 bits per heavy atom. The van der Waals surface area contributed by atoms with Crippen molar-refractivity contribution < 1.29 is 17.9 Å². The van der Waals surface area contributed by atoms with Crippen molar-refractivity contribution in [3.63, 3.8) is 0 Å². The quantitative estimate of drug-likeness (QED) is 0.853. The van der Waals surface area contributed by atoms with Gasteiger partial charge < -0.3 is 9.47 Å². The molecule has 1 aliphatic heterocycles. The van der Waals surface area contributed by atoms with Gasteiger partial charge in [0.25, 0.3) is 0 Å². The third kappa shape index (κ3) is 1.94. The summed E-state index contributed by atoms with van der Waals surface area (Å²) in [6.07, 6.45) is 0. The number of hydrogen-bond donors (Lipinski definition) is 0. The number of methoxy groups -OCH3 is 2. The summed E-state index contributed by atoms with van der Waals surface area (Å²) in [4.78, 5) is 0.328. The van der Waals surface area contributed by atoms with Gasteiger partial charge in [0, 0.05) is 5.56 Å². The van der Waals surface area contributed by atoms with Crippen LogP contribution in [0.1, 0.15) is 5.56 Å². The summed E-state index contributed by atoms with van der Waals surface area (Å²) in [5.41, 5.74) is 2.41. The van der Waals surface area contributed by atoms with Crippen LogP contribution in [0.25, 0.3) is 11.1 Å². The first-order valence-corrected chi connectivity index (χ1v) is 7.78. The van der Waals surface area contributed by atoms with Gasteiger partial charge in [-0.05, 0) is 41.5 Å². The maximum atomic E-state index is 12.4. The molecule has 0 unspecified atom stereocenters. The lowest BCUT2D eigenvalue weighted by atomic mass is 9.99. The van der Waals surface area contributed by atoms with Crippen molar-refractivity contribution in [2.45, 2.75) is 10.6 Å². The fourth-order valence-electron chi connectivity index (χ4n) is 2.47. The zero-order chi connectivity index (χ0) is 14.3. The molecular weight excluding hydrogens is 276 g/mol. The average Bonchev–Trinajstić information content (AvgIpc) is 2.45. The molecule has 0 N–H and O–H groups in total. The van der Waals surface area contributed by atoms with E-state index in [0.717, 1.165) is 16.7 Å². The number of rotatable bonds is 2. The summed E-state index contributed by atoms with van der Waals surface area (Å²) in [6.45, 7) is 0. The summed E-state index contributed by atoms with van der Waals surface area (Å²) < 4.78 is 35.1. The van der Waals surface area contributed by atoms with Gasteiger partial charge in [-0.25, -0.2) is 8.42 Å². The summed E-state index contributed by atoms with van der Waals surface area (Å²) in [5, 5.41) is 0. The van der Waals surface area contributed by atoms with E-state index in [0.29, 0.717) is 16.4 Å². The molecule has 0 fully saturated rings. The van der Waals surface area contributed by atoms with Crippen molar-refractivity contribution >= 4 is 9.84 Å². The van der Waals surface area contributed by atoms with E-state index in [9.17, 15) is 8.42 Å². The summed E-state index contributed by atoms with van der Waals surface area (Å²) in [7, 11) is -0.257. The lowest BCUT2D eigenvalue weighted by Gasteiger charge is -2.21. The maximum Gasteiger partial charge on any atom is 0.183 e. The smallest absolute Gasteiger partial charge is 0.183 e. The molecular formula is C15H14O4S. The highest BCUT2D eigenvalue weighted by molar-refractivity contribution is 7.90. The predicted octanol–water partition coefficient (Wildman–Crippen LogP) is 2.66. The molecule has 0 saturated heterocycles. The van der Waals surface area contributed by atoms with Crippen LogP contribution in [-0.2, 0) is 15.6 Å². The molecule has 5 heteroatoms. The van der Waals surface area contributed by atoms with Gasteiger partial charge >= 0.3 is 0 Å². The third-order valence-corrected chi connectivity index (χ3v) is 5.17. The Kier molecular flexibility index (Phi) is 2.94. The van der Waals surface area contributed by atoms with Crippen molar-refractivity contribution in [1.29, 1.82) is 0 Å². The molecule has 20 heavy (non-hydrogen) atoms. The number of hydrogen-bond acceptors (Lipinski definition) is 4. The Morgan fingerprint density at radius 2 is 1.50 bits per heavy atom. The van der Waals surface area contributed by atoms with E-state index < -0.39 is 9.84 Å². The van der Waals surface area contributed by atoms with E-state index in [4.69, 9.17) is 9.47 Å². The van der Waals surface area contributed by atoms with E-state index >= 15 is 0 Å². The first-order valence-electron chi connectivity index (χ1n) is 6.13. The van der Waals surface area contributed by atoms with Crippen LogP contribution in [0.15, 0.2) is 41.3 Å². The molecule has 2 aromatic carbocycles. The van der Waals surface area contributed by atoms with Crippen molar-refractivity contribution in [3.8, 4) is 22.6 Å². The second-order valence-corrected chi connectivity index (χ2v) is 6.60. The molecule has 0 amide bonds. The number of ether oxygens (including phenoxy) is 2. The second kappa shape index (κ2) is 4.52. The molecule has 0 atom stereocenters. The zero-order valence-electron chi connectivity index (χ0n) is 11.2. The Balaban J connectivity index is 2.28. The van der Waals surface area contributed by atoms with E-state index in [1.807, 2.05) is 12.1 Å². The highest BCUT2D eigenvalue weighted by atomic mass is 32.2. The van der Waals surface area contributed by atoms with Crippen molar-refractivity contribution in [2.24, 2.45) is 0 Å². The normalized spacial score (nSPS) is 15.1. The maximum absolute atomic E-state index is 12.4. The monoisotopic (exact) mass is 290 g/mol. The minimum atomic E-state index is -3.35. The standard InChI is InChI=1S/C15H14O4S/c1-18-11-3-5-13-10(7-11)9-20(16,17)15-8-12(19-2)4-6-14(13)15/h3-8H,9H2,1-2H3. The molecule has 4 nitrogen and oxygen atoms in total. The van der Waals surface area contributed by atoms with Crippen molar-refractivity contribution in [3.05, 3.63) is 42.0 Å². The first-order chi connectivity index (χ1) is 9.55. The molecule has 0 radical (unpaired) electrons. The van der Waals surface area contributed by atoms with Crippen LogP contribution in [-0.4, -0.2) is 22.6 Å². The highest BCUT2D eigenvalue weighted by Crippen LogP contribution is 2.40. The van der Waals surface area contributed by atoms with Gasteiger partial charge in [-0.3, -0.25) is 0 Å². The largest absolute Gasteiger partial charge is 0.497 e. The Bertz CT molecular complexity index is 778. The van der Waals surface area contributed by atoms with Gasteiger partial charge in [0.1, 0.15) is 11.5 Å². The van der Waals surface area contributed by atoms with Crippen LogP contribution in [0, 0.1) is 0 Å². The van der Waals surface area contributed by atoms with Crippen molar-refractivity contribution in [2.75, 3.05) is 14.2 Å². The van der Waals surface area contributed by atoms with Crippen LogP contribution in [0.4, 0.5) is 0 Å². The molecule has 0 aliphatic carbocycles. The Labute approximate surface area is 117 Å². The van der Waals surface area contributed by atoms with E-state index in [2.05, 4.69) is 0 Å². The molecule has 0 bridgehead atoms. The lowest BCUT2D eigenvalue weighted by Crippen LogP contribution is -2.13. The summed E-state index contributed by atoms with van der Waals surface area (Å²) in [6, 6.07) is 10.7. The van der Waals surface area contributed by atoms with Crippen LogP contribution < -0.4 is 9.47 Å². The third-order valence-electron chi connectivity index (χ3n) is 3.47. The topological polar surface area (TPSA) is 52.6 Å².